The topological polar surface area (TPSA) is 61.0 Å². The molecule has 1 aromatic heterocycles. The lowest BCUT2D eigenvalue weighted by Gasteiger charge is -2.26. The molecule has 0 radical (unpaired) electrons. The van der Waals surface area contributed by atoms with Gasteiger partial charge in [0.2, 0.25) is 0 Å². The first-order valence-corrected chi connectivity index (χ1v) is 8.96. The van der Waals surface area contributed by atoms with Crippen LogP contribution in [-0.4, -0.2) is 27.5 Å². The van der Waals surface area contributed by atoms with Crippen LogP contribution in [0.4, 0.5) is 5.82 Å². The van der Waals surface area contributed by atoms with Crippen LogP contribution in [-0.2, 0) is 19.5 Å². The summed E-state index contributed by atoms with van der Waals surface area (Å²) in [7, 11) is 0. The number of hydrogen-bond acceptors (Lipinski definition) is 3. The third-order valence-corrected chi connectivity index (χ3v) is 4.82. The van der Waals surface area contributed by atoms with Crippen LogP contribution in [0, 0.1) is 0 Å². The van der Waals surface area contributed by atoms with Crippen molar-refractivity contribution in [1.82, 2.24) is 15.1 Å². The Kier molecular flexibility index (Phi) is 4.73. The van der Waals surface area contributed by atoms with Gasteiger partial charge in [0.1, 0.15) is 0 Å². The van der Waals surface area contributed by atoms with Crippen LogP contribution in [0.25, 0.3) is 0 Å². The number of nitrogens with one attached hydrogen (secondary N) is 2. The normalized spacial score (nSPS) is 14.0. The molecule has 0 saturated carbocycles. The van der Waals surface area contributed by atoms with Gasteiger partial charge in [0.15, 0.2) is 5.82 Å². The molecular formula is C20H19ClN4O. The molecule has 1 aliphatic heterocycles. The van der Waals surface area contributed by atoms with Crippen LogP contribution in [0.5, 0.6) is 0 Å². The van der Waals surface area contributed by atoms with Gasteiger partial charge in [-0.1, -0.05) is 48.0 Å². The zero-order valence-corrected chi connectivity index (χ0v) is 15.0. The van der Waals surface area contributed by atoms with Crippen LogP contribution in [0.1, 0.15) is 27.2 Å². The molecule has 6 heteroatoms. The van der Waals surface area contributed by atoms with Gasteiger partial charge in [0, 0.05) is 35.8 Å². The largest absolute Gasteiger partial charge is 0.305 e. The highest BCUT2D eigenvalue weighted by Gasteiger charge is 2.23. The van der Waals surface area contributed by atoms with Gasteiger partial charge < -0.3 is 5.32 Å². The number of benzene rings is 2. The van der Waals surface area contributed by atoms with E-state index in [0.29, 0.717) is 16.4 Å². The van der Waals surface area contributed by atoms with Crippen molar-refractivity contribution >= 4 is 23.3 Å². The SMILES string of the molecule is O=C(Nc1n[nH]c2c1CCN(Cc1ccccc1)C2)c1cccc(Cl)c1. The van der Waals surface area contributed by atoms with Crippen molar-refractivity contribution < 1.29 is 4.79 Å². The molecular weight excluding hydrogens is 348 g/mol. The Hall–Kier alpha value is -2.63. The zero-order chi connectivity index (χ0) is 17.9. The summed E-state index contributed by atoms with van der Waals surface area (Å²) in [6.07, 6.45) is 0.851. The maximum Gasteiger partial charge on any atom is 0.256 e. The lowest BCUT2D eigenvalue weighted by Crippen LogP contribution is -2.30. The summed E-state index contributed by atoms with van der Waals surface area (Å²) in [6.45, 7) is 2.63. The number of hydrogen-bond donors (Lipinski definition) is 2. The maximum absolute atomic E-state index is 12.4. The lowest BCUT2D eigenvalue weighted by molar-refractivity contribution is 0.102. The van der Waals surface area contributed by atoms with E-state index in [-0.39, 0.29) is 5.91 Å². The number of rotatable bonds is 4. The van der Waals surface area contributed by atoms with Crippen molar-refractivity contribution in [2.75, 3.05) is 11.9 Å². The minimum atomic E-state index is -0.200. The summed E-state index contributed by atoms with van der Waals surface area (Å²) < 4.78 is 0. The summed E-state index contributed by atoms with van der Waals surface area (Å²) in [5, 5.41) is 10.8. The Balaban J connectivity index is 1.45. The Bertz CT molecular complexity index is 923. The number of amides is 1. The minimum absolute atomic E-state index is 0.200. The van der Waals surface area contributed by atoms with E-state index in [1.54, 1.807) is 24.3 Å². The number of fused-ring (bicyclic) bond motifs is 1. The fourth-order valence-electron chi connectivity index (χ4n) is 3.26. The highest BCUT2D eigenvalue weighted by atomic mass is 35.5. The van der Waals surface area contributed by atoms with Gasteiger partial charge >= 0.3 is 0 Å². The van der Waals surface area contributed by atoms with Crippen LogP contribution in [0.3, 0.4) is 0 Å². The Morgan fingerprint density at radius 1 is 1.19 bits per heavy atom. The molecule has 0 bridgehead atoms. The van der Waals surface area contributed by atoms with Gasteiger partial charge in [0.25, 0.3) is 5.91 Å². The van der Waals surface area contributed by atoms with E-state index < -0.39 is 0 Å². The van der Waals surface area contributed by atoms with E-state index in [2.05, 4.69) is 44.7 Å². The molecule has 1 amide bonds. The molecule has 0 atom stereocenters. The standard InChI is InChI=1S/C20H19ClN4O/c21-16-8-4-7-15(11-16)20(26)22-19-17-9-10-25(13-18(17)23-24-19)12-14-5-2-1-3-6-14/h1-8,11H,9-10,12-13H2,(H2,22,23,24,26). The van der Waals surface area contributed by atoms with E-state index in [4.69, 9.17) is 11.6 Å². The molecule has 0 fully saturated rings. The summed E-state index contributed by atoms with van der Waals surface area (Å²) >= 11 is 5.96. The van der Waals surface area contributed by atoms with Gasteiger partial charge in [-0.2, -0.15) is 5.10 Å². The lowest BCUT2D eigenvalue weighted by atomic mass is 10.1. The van der Waals surface area contributed by atoms with Crippen molar-refractivity contribution in [2.24, 2.45) is 0 Å². The van der Waals surface area contributed by atoms with Crippen LogP contribution >= 0.6 is 11.6 Å². The van der Waals surface area contributed by atoms with Crippen molar-refractivity contribution in [1.29, 1.82) is 0 Å². The van der Waals surface area contributed by atoms with E-state index in [9.17, 15) is 4.79 Å². The van der Waals surface area contributed by atoms with Crippen LogP contribution < -0.4 is 5.32 Å². The Morgan fingerprint density at radius 2 is 2.04 bits per heavy atom. The number of aromatic nitrogens is 2. The second-order valence-corrected chi connectivity index (χ2v) is 6.88. The Labute approximate surface area is 157 Å². The predicted octanol–water partition coefficient (Wildman–Crippen LogP) is 3.87. The van der Waals surface area contributed by atoms with E-state index in [1.165, 1.54) is 5.56 Å². The molecule has 132 valence electrons. The van der Waals surface area contributed by atoms with Gasteiger partial charge in [-0.05, 0) is 30.2 Å². The Morgan fingerprint density at radius 3 is 2.85 bits per heavy atom. The first-order chi connectivity index (χ1) is 12.7. The zero-order valence-electron chi connectivity index (χ0n) is 14.2. The van der Waals surface area contributed by atoms with Crippen molar-refractivity contribution in [2.45, 2.75) is 19.5 Å². The number of carbonyl (C=O) groups is 1. The van der Waals surface area contributed by atoms with E-state index in [1.807, 2.05) is 6.07 Å². The number of H-pyrrole nitrogens is 1. The molecule has 1 aliphatic rings. The smallest absolute Gasteiger partial charge is 0.256 e. The average Bonchev–Trinajstić information content (AvgIpc) is 3.04. The molecule has 2 heterocycles. The van der Waals surface area contributed by atoms with E-state index >= 15 is 0 Å². The second kappa shape index (κ2) is 7.32. The molecule has 0 saturated heterocycles. The average molecular weight is 367 g/mol. The molecule has 26 heavy (non-hydrogen) atoms. The summed E-state index contributed by atoms with van der Waals surface area (Å²) in [5.41, 5.74) is 3.97. The van der Waals surface area contributed by atoms with Crippen molar-refractivity contribution in [3.8, 4) is 0 Å². The predicted molar refractivity (Wildman–Crippen MR) is 102 cm³/mol. The molecule has 2 aromatic carbocycles. The molecule has 3 aromatic rings. The van der Waals surface area contributed by atoms with Crippen molar-refractivity contribution in [3.63, 3.8) is 0 Å². The van der Waals surface area contributed by atoms with Gasteiger partial charge in [-0.25, -0.2) is 0 Å². The second-order valence-electron chi connectivity index (χ2n) is 6.44. The molecule has 0 spiro atoms. The monoisotopic (exact) mass is 366 g/mol. The van der Waals surface area contributed by atoms with Gasteiger partial charge in [-0.15, -0.1) is 0 Å². The summed E-state index contributed by atoms with van der Waals surface area (Å²) in [4.78, 5) is 14.8. The molecule has 0 unspecified atom stereocenters. The highest BCUT2D eigenvalue weighted by Crippen LogP contribution is 2.25. The summed E-state index contributed by atoms with van der Waals surface area (Å²) in [5.74, 6) is 0.415. The van der Waals surface area contributed by atoms with Crippen LogP contribution in [0.15, 0.2) is 54.6 Å². The molecule has 5 nitrogen and oxygen atoms in total. The fraction of sp³-hybridized carbons (Fsp3) is 0.200. The highest BCUT2D eigenvalue weighted by molar-refractivity contribution is 6.31. The minimum Gasteiger partial charge on any atom is -0.305 e. The molecule has 2 N–H and O–H groups in total. The number of carbonyl (C=O) groups excluding carboxylic acids is 1. The fourth-order valence-corrected chi connectivity index (χ4v) is 3.45. The summed E-state index contributed by atoms with van der Waals surface area (Å²) in [6, 6.07) is 17.3. The number of aromatic amines is 1. The van der Waals surface area contributed by atoms with Gasteiger partial charge in [-0.3, -0.25) is 14.8 Å². The van der Waals surface area contributed by atoms with E-state index in [0.717, 1.165) is 37.3 Å². The quantitative estimate of drug-likeness (QED) is 0.736. The third-order valence-electron chi connectivity index (χ3n) is 4.58. The third kappa shape index (κ3) is 3.64. The van der Waals surface area contributed by atoms with Crippen molar-refractivity contribution in [3.05, 3.63) is 82.0 Å². The number of anilines is 1. The maximum atomic E-state index is 12.4. The number of halogens is 1. The van der Waals surface area contributed by atoms with Gasteiger partial charge in [0.05, 0.1) is 5.69 Å². The molecule has 4 rings (SSSR count). The number of nitrogens with zero attached hydrogens (tertiary/aromatic N) is 2. The molecule has 0 aliphatic carbocycles. The first-order valence-electron chi connectivity index (χ1n) is 8.58. The first kappa shape index (κ1) is 16.8. The van der Waals surface area contributed by atoms with Crippen LogP contribution in [0.2, 0.25) is 5.02 Å².